The zero-order chi connectivity index (χ0) is 20.2. The molecule has 0 aromatic carbocycles. The Morgan fingerprint density at radius 2 is 1.89 bits per heavy atom. The smallest absolute Gasteiger partial charge is 0.349 e. The molecule has 0 aliphatic carbocycles. The molecule has 9 heteroatoms. The van der Waals surface area contributed by atoms with Gasteiger partial charge in [-0.15, -0.1) is 11.3 Å². The van der Waals surface area contributed by atoms with E-state index >= 15 is 0 Å². The number of amides is 1. The number of carbonyl (C=O) groups excluding carboxylic acids is 3. The summed E-state index contributed by atoms with van der Waals surface area (Å²) in [5, 5.41) is 2.81. The Balaban J connectivity index is 2.42. The van der Waals surface area contributed by atoms with E-state index in [4.69, 9.17) is 9.47 Å². The van der Waals surface area contributed by atoms with Crippen LogP contribution in [-0.4, -0.2) is 40.0 Å². The van der Waals surface area contributed by atoms with Crippen molar-refractivity contribution in [2.75, 3.05) is 11.9 Å². The summed E-state index contributed by atoms with van der Waals surface area (Å²) in [6.45, 7) is 8.68. The molecule has 0 spiro atoms. The lowest BCUT2D eigenvalue weighted by Gasteiger charge is -2.19. The standard InChI is InChI=1S/C18H21N3O5S/c1-6-25-16(23)12-10(2)13(17(24)26-18(3,4)5)27-15(12)21-14(22)11-9-19-7-8-20-11/h7-9H,6H2,1-5H3,(H,21,22). The molecule has 1 amide bonds. The summed E-state index contributed by atoms with van der Waals surface area (Å²) in [6, 6.07) is 0. The van der Waals surface area contributed by atoms with Crippen LogP contribution >= 0.6 is 11.3 Å². The number of nitrogens with zero attached hydrogens (tertiary/aromatic N) is 2. The molecule has 0 fully saturated rings. The van der Waals surface area contributed by atoms with Crippen LogP contribution in [0.4, 0.5) is 5.00 Å². The second-order valence-electron chi connectivity index (χ2n) is 6.53. The molecular weight excluding hydrogens is 370 g/mol. The predicted octanol–water partition coefficient (Wildman–Crippen LogP) is 3.23. The van der Waals surface area contributed by atoms with E-state index in [-0.39, 0.29) is 27.7 Å². The Morgan fingerprint density at radius 1 is 1.19 bits per heavy atom. The van der Waals surface area contributed by atoms with E-state index in [0.717, 1.165) is 11.3 Å². The lowest BCUT2D eigenvalue weighted by molar-refractivity contribution is 0.00744. The van der Waals surface area contributed by atoms with Gasteiger partial charge < -0.3 is 14.8 Å². The van der Waals surface area contributed by atoms with Crippen molar-refractivity contribution >= 4 is 34.2 Å². The topological polar surface area (TPSA) is 107 Å². The first-order valence-electron chi connectivity index (χ1n) is 8.25. The van der Waals surface area contributed by atoms with Crippen molar-refractivity contribution in [3.8, 4) is 0 Å². The van der Waals surface area contributed by atoms with Gasteiger partial charge in [-0.05, 0) is 40.2 Å². The quantitative estimate of drug-likeness (QED) is 0.780. The van der Waals surface area contributed by atoms with E-state index in [2.05, 4.69) is 15.3 Å². The average Bonchev–Trinajstić information content (AvgIpc) is 2.90. The van der Waals surface area contributed by atoms with Crippen LogP contribution in [0, 0.1) is 6.92 Å². The van der Waals surface area contributed by atoms with Gasteiger partial charge in [-0.1, -0.05) is 0 Å². The largest absolute Gasteiger partial charge is 0.462 e. The number of hydrogen-bond acceptors (Lipinski definition) is 8. The third kappa shape index (κ3) is 5.10. The molecule has 8 nitrogen and oxygen atoms in total. The van der Waals surface area contributed by atoms with Crippen molar-refractivity contribution in [3.05, 3.63) is 40.3 Å². The van der Waals surface area contributed by atoms with Crippen LogP contribution in [0.25, 0.3) is 0 Å². The number of rotatable bonds is 5. The number of esters is 2. The lowest BCUT2D eigenvalue weighted by atomic mass is 10.1. The molecule has 1 N–H and O–H groups in total. The first-order chi connectivity index (χ1) is 12.6. The molecule has 2 aromatic heterocycles. The van der Waals surface area contributed by atoms with E-state index in [9.17, 15) is 14.4 Å². The second kappa shape index (κ2) is 8.26. The van der Waals surface area contributed by atoms with E-state index in [1.165, 1.54) is 18.6 Å². The summed E-state index contributed by atoms with van der Waals surface area (Å²) >= 11 is 0.957. The first-order valence-corrected chi connectivity index (χ1v) is 9.07. The summed E-state index contributed by atoms with van der Waals surface area (Å²) in [7, 11) is 0. The van der Waals surface area contributed by atoms with E-state index in [0.29, 0.717) is 5.56 Å². The van der Waals surface area contributed by atoms with Gasteiger partial charge in [-0.2, -0.15) is 0 Å². The van der Waals surface area contributed by atoms with Gasteiger partial charge in [-0.3, -0.25) is 9.78 Å². The van der Waals surface area contributed by atoms with Crippen LogP contribution in [0.5, 0.6) is 0 Å². The van der Waals surface area contributed by atoms with Gasteiger partial charge in [-0.25, -0.2) is 14.6 Å². The SMILES string of the molecule is CCOC(=O)c1c(NC(=O)c2cnccn2)sc(C(=O)OC(C)(C)C)c1C. The molecule has 0 unspecified atom stereocenters. The Labute approximate surface area is 160 Å². The lowest BCUT2D eigenvalue weighted by Crippen LogP contribution is -2.23. The van der Waals surface area contributed by atoms with Crippen LogP contribution in [0.1, 0.15) is 63.8 Å². The van der Waals surface area contributed by atoms with Crippen LogP contribution in [0.3, 0.4) is 0 Å². The molecule has 2 rings (SSSR count). The van der Waals surface area contributed by atoms with Gasteiger partial charge in [0.1, 0.15) is 21.2 Å². The van der Waals surface area contributed by atoms with Crippen molar-refractivity contribution in [1.29, 1.82) is 0 Å². The number of aromatic nitrogens is 2. The molecule has 2 aromatic rings. The van der Waals surface area contributed by atoms with Gasteiger partial charge >= 0.3 is 11.9 Å². The van der Waals surface area contributed by atoms with E-state index < -0.39 is 23.4 Å². The highest BCUT2D eigenvalue weighted by molar-refractivity contribution is 7.18. The minimum absolute atomic E-state index is 0.0807. The predicted molar refractivity (Wildman–Crippen MR) is 100 cm³/mol. The fourth-order valence-corrected chi connectivity index (χ4v) is 3.22. The molecule has 27 heavy (non-hydrogen) atoms. The molecule has 0 atom stereocenters. The highest BCUT2D eigenvalue weighted by atomic mass is 32.1. The molecular formula is C18H21N3O5S. The highest BCUT2D eigenvalue weighted by Gasteiger charge is 2.29. The van der Waals surface area contributed by atoms with Crippen molar-refractivity contribution < 1.29 is 23.9 Å². The van der Waals surface area contributed by atoms with Crippen LogP contribution in [-0.2, 0) is 9.47 Å². The molecule has 2 heterocycles. The van der Waals surface area contributed by atoms with Crippen molar-refractivity contribution in [1.82, 2.24) is 9.97 Å². The Morgan fingerprint density at radius 3 is 2.44 bits per heavy atom. The van der Waals surface area contributed by atoms with Crippen molar-refractivity contribution in [3.63, 3.8) is 0 Å². The van der Waals surface area contributed by atoms with Gasteiger partial charge in [0.2, 0.25) is 0 Å². The maximum atomic E-state index is 12.5. The number of thiophene rings is 1. The van der Waals surface area contributed by atoms with Crippen LogP contribution in [0.15, 0.2) is 18.6 Å². The summed E-state index contributed by atoms with van der Waals surface area (Å²) in [5.41, 5.74) is -0.0973. The first kappa shape index (κ1) is 20.5. The molecule has 0 aliphatic rings. The second-order valence-corrected chi connectivity index (χ2v) is 7.55. The number of anilines is 1. The van der Waals surface area contributed by atoms with Gasteiger partial charge in [0.05, 0.1) is 18.4 Å². The Kier molecular flexibility index (Phi) is 6.27. The number of ether oxygens (including phenoxy) is 2. The fraction of sp³-hybridized carbons (Fsp3) is 0.389. The molecule has 0 saturated heterocycles. The van der Waals surface area contributed by atoms with Gasteiger partial charge in [0.15, 0.2) is 0 Å². The maximum Gasteiger partial charge on any atom is 0.349 e. The summed E-state index contributed by atoms with van der Waals surface area (Å²) < 4.78 is 10.5. The minimum Gasteiger partial charge on any atom is -0.462 e. The Hall–Kier alpha value is -2.81. The number of nitrogens with one attached hydrogen (secondary N) is 1. The fourth-order valence-electron chi connectivity index (χ4n) is 2.15. The maximum absolute atomic E-state index is 12.5. The van der Waals surface area contributed by atoms with Crippen molar-refractivity contribution in [2.45, 2.75) is 40.2 Å². The van der Waals surface area contributed by atoms with Gasteiger partial charge in [0, 0.05) is 12.4 Å². The number of carbonyl (C=O) groups is 3. The average molecular weight is 391 g/mol. The van der Waals surface area contributed by atoms with Gasteiger partial charge in [0.25, 0.3) is 5.91 Å². The summed E-state index contributed by atoms with van der Waals surface area (Å²) in [6.07, 6.45) is 4.12. The number of hydrogen-bond donors (Lipinski definition) is 1. The Bertz CT molecular complexity index is 856. The summed E-state index contributed by atoms with van der Waals surface area (Å²) in [5.74, 6) is -1.75. The third-order valence-electron chi connectivity index (χ3n) is 3.23. The van der Waals surface area contributed by atoms with Crippen LogP contribution in [0.2, 0.25) is 0 Å². The molecule has 0 saturated carbocycles. The van der Waals surface area contributed by atoms with Crippen molar-refractivity contribution in [2.24, 2.45) is 0 Å². The molecule has 144 valence electrons. The highest BCUT2D eigenvalue weighted by Crippen LogP contribution is 2.35. The normalized spacial score (nSPS) is 11.0. The minimum atomic E-state index is -0.694. The third-order valence-corrected chi connectivity index (χ3v) is 4.42. The molecule has 0 radical (unpaired) electrons. The molecule has 0 bridgehead atoms. The van der Waals surface area contributed by atoms with E-state index in [1.54, 1.807) is 34.6 Å². The summed E-state index contributed by atoms with van der Waals surface area (Å²) in [4.78, 5) is 45.2. The van der Waals surface area contributed by atoms with E-state index in [1.807, 2.05) is 0 Å². The monoisotopic (exact) mass is 391 g/mol. The molecule has 0 aliphatic heterocycles. The zero-order valence-electron chi connectivity index (χ0n) is 15.8. The van der Waals surface area contributed by atoms with Crippen LogP contribution < -0.4 is 5.32 Å². The zero-order valence-corrected chi connectivity index (χ0v) is 16.6.